The summed E-state index contributed by atoms with van der Waals surface area (Å²) in [7, 11) is 0. The van der Waals surface area contributed by atoms with Crippen LogP contribution in [0.1, 0.15) is 60.0 Å². The molecule has 3 aromatic rings. The number of nitrogens with one attached hydrogen (secondary N) is 1. The van der Waals surface area contributed by atoms with Crippen molar-refractivity contribution >= 4 is 5.91 Å². The molecular formula is C28H31NO2. The maximum atomic E-state index is 13.3. The normalized spacial score (nSPS) is 14.9. The molecule has 0 fully saturated rings. The Labute approximate surface area is 185 Å². The summed E-state index contributed by atoms with van der Waals surface area (Å²) < 4.78 is 6.17. The Morgan fingerprint density at radius 1 is 0.903 bits per heavy atom. The third kappa shape index (κ3) is 5.16. The van der Waals surface area contributed by atoms with Gasteiger partial charge in [0.25, 0.3) is 5.91 Å². The van der Waals surface area contributed by atoms with Gasteiger partial charge in [-0.25, -0.2) is 0 Å². The van der Waals surface area contributed by atoms with Gasteiger partial charge in [-0.3, -0.25) is 4.79 Å². The fourth-order valence-corrected chi connectivity index (χ4v) is 4.27. The largest absolute Gasteiger partial charge is 0.481 e. The minimum absolute atomic E-state index is 0.0883. The van der Waals surface area contributed by atoms with E-state index >= 15 is 0 Å². The number of hydrogen-bond donors (Lipinski definition) is 1. The molecule has 0 aromatic heterocycles. The highest BCUT2D eigenvalue weighted by molar-refractivity contribution is 5.82. The van der Waals surface area contributed by atoms with Crippen LogP contribution < -0.4 is 10.1 Å². The SMILES string of the molecule is CC[C@@H](Oc1ccc2c(c1)CCCC2)C(=O)N[C@H](c1ccccc1)c1ccc(C)cc1. The number of aryl methyl sites for hydroxylation is 3. The Morgan fingerprint density at radius 3 is 2.29 bits per heavy atom. The number of carbonyl (C=O) groups is 1. The summed E-state index contributed by atoms with van der Waals surface area (Å²) in [5, 5.41) is 3.24. The molecule has 31 heavy (non-hydrogen) atoms. The maximum Gasteiger partial charge on any atom is 0.261 e. The first-order valence-electron chi connectivity index (χ1n) is 11.3. The van der Waals surface area contributed by atoms with Crippen LogP contribution in [0.4, 0.5) is 0 Å². The molecule has 160 valence electrons. The molecule has 2 atom stereocenters. The molecule has 0 saturated carbocycles. The topological polar surface area (TPSA) is 38.3 Å². The third-order valence-electron chi connectivity index (χ3n) is 6.09. The number of carbonyl (C=O) groups excluding carboxylic acids is 1. The van der Waals surface area contributed by atoms with Gasteiger partial charge in [-0.15, -0.1) is 0 Å². The fourth-order valence-electron chi connectivity index (χ4n) is 4.27. The van der Waals surface area contributed by atoms with E-state index in [-0.39, 0.29) is 11.9 Å². The van der Waals surface area contributed by atoms with Gasteiger partial charge in [0.05, 0.1) is 6.04 Å². The first kappa shape index (κ1) is 21.2. The Balaban J connectivity index is 1.53. The van der Waals surface area contributed by atoms with Crippen LogP contribution in [0.15, 0.2) is 72.8 Å². The third-order valence-corrected chi connectivity index (χ3v) is 6.09. The second-order valence-corrected chi connectivity index (χ2v) is 8.42. The molecule has 3 aromatic carbocycles. The highest BCUT2D eigenvalue weighted by atomic mass is 16.5. The van der Waals surface area contributed by atoms with E-state index in [1.54, 1.807) is 0 Å². The summed E-state index contributed by atoms with van der Waals surface area (Å²) in [5.41, 5.74) is 6.10. The van der Waals surface area contributed by atoms with Crippen molar-refractivity contribution in [2.24, 2.45) is 0 Å². The Hall–Kier alpha value is -3.07. The lowest BCUT2D eigenvalue weighted by molar-refractivity contribution is -0.128. The highest BCUT2D eigenvalue weighted by Crippen LogP contribution is 2.27. The molecule has 0 bridgehead atoms. The zero-order valence-corrected chi connectivity index (χ0v) is 18.4. The van der Waals surface area contributed by atoms with Crippen molar-refractivity contribution in [2.75, 3.05) is 0 Å². The smallest absolute Gasteiger partial charge is 0.261 e. The first-order chi connectivity index (χ1) is 15.1. The Morgan fingerprint density at radius 2 is 1.58 bits per heavy atom. The van der Waals surface area contributed by atoms with Crippen LogP contribution in [0.2, 0.25) is 0 Å². The van der Waals surface area contributed by atoms with Crippen molar-refractivity contribution < 1.29 is 9.53 Å². The molecule has 0 spiro atoms. The lowest BCUT2D eigenvalue weighted by Crippen LogP contribution is -2.40. The van der Waals surface area contributed by atoms with Crippen LogP contribution in [0.3, 0.4) is 0 Å². The summed E-state index contributed by atoms with van der Waals surface area (Å²) >= 11 is 0. The molecule has 4 rings (SSSR count). The van der Waals surface area contributed by atoms with E-state index in [2.05, 4.69) is 60.8 Å². The monoisotopic (exact) mass is 413 g/mol. The number of ether oxygens (including phenoxy) is 1. The fraction of sp³-hybridized carbons (Fsp3) is 0.321. The molecule has 1 N–H and O–H groups in total. The van der Waals surface area contributed by atoms with Crippen LogP contribution in [0, 0.1) is 6.92 Å². The molecule has 3 nitrogen and oxygen atoms in total. The van der Waals surface area contributed by atoms with Crippen LogP contribution in [0.25, 0.3) is 0 Å². The number of amides is 1. The molecule has 0 unspecified atom stereocenters. The van der Waals surface area contributed by atoms with E-state index in [1.165, 1.54) is 29.5 Å². The van der Waals surface area contributed by atoms with Crippen LogP contribution in [-0.4, -0.2) is 12.0 Å². The van der Waals surface area contributed by atoms with Gasteiger partial charge in [-0.1, -0.05) is 73.2 Å². The molecule has 0 heterocycles. The summed E-state index contributed by atoms with van der Waals surface area (Å²) in [5.74, 6) is 0.698. The lowest BCUT2D eigenvalue weighted by atomic mass is 9.92. The molecule has 1 aliphatic rings. The van der Waals surface area contributed by atoms with E-state index in [0.717, 1.165) is 29.7 Å². The molecule has 0 radical (unpaired) electrons. The molecule has 1 amide bonds. The van der Waals surface area contributed by atoms with Crippen molar-refractivity contribution in [2.45, 2.75) is 58.1 Å². The van der Waals surface area contributed by atoms with Gasteiger partial charge in [0.2, 0.25) is 0 Å². The van der Waals surface area contributed by atoms with Gasteiger partial charge >= 0.3 is 0 Å². The number of rotatable bonds is 7. The predicted molar refractivity (Wildman–Crippen MR) is 125 cm³/mol. The number of fused-ring (bicyclic) bond motifs is 1. The van der Waals surface area contributed by atoms with Crippen molar-refractivity contribution in [3.8, 4) is 5.75 Å². The molecule has 1 aliphatic carbocycles. The first-order valence-corrected chi connectivity index (χ1v) is 11.3. The quantitative estimate of drug-likeness (QED) is 0.521. The van der Waals surface area contributed by atoms with Crippen molar-refractivity contribution in [1.82, 2.24) is 5.32 Å². The van der Waals surface area contributed by atoms with E-state index in [4.69, 9.17) is 4.74 Å². The Kier molecular flexibility index (Phi) is 6.71. The summed E-state index contributed by atoms with van der Waals surface area (Å²) in [6.07, 6.45) is 4.80. The van der Waals surface area contributed by atoms with Crippen molar-refractivity contribution in [1.29, 1.82) is 0 Å². The molecule has 0 saturated heterocycles. The van der Waals surface area contributed by atoms with Crippen LogP contribution in [0.5, 0.6) is 5.75 Å². The molecule has 0 aliphatic heterocycles. The van der Waals surface area contributed by atoms with E-state index in [0.29, 0.717) is 6.42 Å². The van der Waals surface area contributed by atoms with Gasteiger partial charge in [-0.2, -0.15) is 0 Å². The minimum Gasteiger partial charge on any atom is -0.481 e. The van der Waals surface area contributed by atoms with Gasteiger partial charge in [0, 0.05) is 0 Å². The predicted octanol–water partition coefficient (Wildman–Crippen LogP) is 5.94. The Bertz CT molecular complexity index is 1010. The highest BCUT2D eigenvalue weighted by Gasteiger charge is 2.24. The van der Waals surface area contributed by atoms with Crippen LogP contribution >= 0.6 is 0 Å². The van der Waals surface area contributed by atoms with Gasteiger partial charge in [0.1, 0.15) is 5.75 Å². The van der Waals surface area contributed by atoms with E-state index in [1.807, 2.05) is 31.2 Å². The number of benzene rings is 3. The molecular weight excluding hydrogens is 382 g/mol. The van der Waals surface area contributed by atoms with Gasteiger partial charge in [0.15, 0.2) is 6.10 Å². The average molecular weight is 414 g/mol. The number of hydrogen-bond acceptors (Lipinski definition) is 2. The van der Waals surface area contributed by atoms with Gasteiger partial charge in [-0.05, 0) is 73.4 Å². The minimum atomic E-state index is -0.529. The summed E-state index contributed by atoms with van der Waals surface area (Å²) in [6.45, 7) is 4.06. The summed E-state index contributed by atoms with van der Waals surface area (Å²) in [4.78, 5) is 13.3. The van der Waals surface area contributed by atoms with E-state index < -0.39 is 6.10 Å². The van der Waals surface area contributed by atoms with E-state index in [9.17, 15) is 4.79 Å². The van der Waals surface area contributed by atoms with Crippen molar-refractivity contribution in [3.63, 3.8) is 0 Å². The standard InChI is InChI=1S/C28H31NO2/c1-3-26(31-25-18-17-21-9-7-8-12-24(21)19-25)28(30)29-27(22-10-5-4-6-11-22)23-15-13-20(2)14-16-23/h4-6,10-11,13-19,26-27H,3,7-9,12H2,1-2H3,(H,29,30)/t26-,27-/m1/s1. The van der Waals surface area contributed by atoms with Crippen molar-refractivity contribution in [3.05, 3.63) is 101 Å². The second kappa shape index (κ2) is 9.82. The second-order valence-electron chi connectivity index (χ2n) is 8.42. The average Bonchev–Trinajstić information content (AvgIpc) is 2.82. The lowest BCUT2D eigenvalue weighted by Gasteiger charge is -2.24. The zero-order chi connectivity index (χ0) is 21.6. The zero-order valence-electron chi connectivity index (χ0n) is 18.4. The van der Waals surface area contributed by atoms with Gasteiger partial charge < -0.3 is 10.1 Å². The van der Waals surface area contributed by atoms with Crippen LogP contribution in [-0.2, 0) is 17.6 Å². The summed E-state index contributed by atoms with van der Waals surface area (Å²) in [6, 6.07) is 24.5. The maximum absolute atomic E-state index is 13.3. The molecule has 3 heteroatoms.